The molecule has 2 aromatic heterocycles. The van der Waals surface area contributed by atoms with Gasteiger partial charge in [-0.3, -0.25) is 9.78 Å². The molecule has 3 heterocycles. The molecule has 1 saturated heterocycles. The number of piperidine rings is 1. The molecule has 1 amide bonds. The number of nitrogens with two attached hydrogens (primary N) is 2. The van der Waals surface area contributed by atoms with Gasteiger partial charge >= 0.3 is 0 Å². The average Bonchev–Trinajstić information content (AvgIpc) is 3.09. The number of carbonyl (C=O) groups excluding carboxylic acids is 1. The lowest BCUT2D eigenvalue weighted by Crippen LogP contribution is -2.48. The number of nitrogen functional groups attached to an aromatic ring is 1. The predicted molar refractivity (Wildman–Crippen MR) is 114 cm³/mol. The molecule has 1 aliphatic heterocycles. The maximum absolute atomic E-state index is 14.1. The van der Waals surface area contributed by atoms with E-state index in [1.54, 1.807) is 35.4 Å². The zero-order valence-electron chi connectivity index (χ0n) is 15.9. The van der Waals surface area contributed by atoms with Crippen molar-refractivity contribution in [2.75, 3.05) is 29.0 Å². The van der Waals surface area contributed by atoms with Crippen molar-refractivity contribution in [1.29, 1.82) is 0 Å². The summed E-state index contributed by atoms with van der Waals surface area (Å²) >= 11 is 1.03. The third-order valence-electron chi connectivity index (χ3n) is 4.79. The van der Waals surface area contributed by atoms with Crippen LogP contribution in [0, 0.1) is 5.82 Å². The molecule has 4 rings (SSSR count). The minimum atomic E-state index is -1.05. The van der Waals surface area contributed by atoms with Crippen molar-refractivity contribution in [3.05, 3.63) is 54.2 Å². The van der Waals surface area contributed by atoms with Crippen molar-refractivity contribution in [1.82, 2.24) is 9.97 Å². The fourth-order valence-electron chi connectivity index (χ4n) is 3.46. The first-order chi connectivity index (χ1) is 14.4. The number of pyridine rings is 1. The van der Waals surface area contributed by atoms with Crippen LogP contribution >= 0.6 is 11.3 Å². The molecule has 30 heavy (non-hydrogen) atoms. The molecule has 0 spiro atoms. The Morgan fingerprint density at radius 3 is 2.83 bits per heavy atom. The van der Waals surface area contributed by atoms with E-state index in [4.69, 9.17) is 11.5 Å². The molecule has 0 aliphatic carbocycles. The lowest BCUT2D eigenvalue weighted by Gasteiger charge is -2.35. The number of benzene rings is 1. The third kappa shape index (κ3) is 4.10. The average molecular weight is 430 g/mol. The topological polar surface area (TPSA) is 110 Å². The number of rotatable bonds is 4. The maximum Gasteiger partial charge on any atom is 0.277 e. The van der Waals surface area contributed by atoms with E-state index in [-0.39, 0.29) is 28.8 Å². The Hall–Kier alpha value is -3.11. The lowest BCUT2D eigenvalue weighted by molar-refractivity contribution is 0.102. The Bertz CT molecular complexity index is 1060. The SMILES string of the molecule is Nc1sc(-c2ccccc2F)nc1C(=O)Nc1cnccc1N1C[C@H](N)C[C@@H](F)C1. The Morgan fingerprint density at radius 1 is 1.27 bits per heavy atom. The van der Waals surface area contributed by atoms with Gasteiger partial charge in [-0.15, -0.1) is 0 Å². The zero-order valence-corrected chi connectivity index (χ0v) is 16.7. The molecule has 0 bridgehead atoms. The van der Waals surface area contributed by atoms with E-state index in [0.29, 0.717) is 29.3 Å². The van der Waals surface area contributed by atoms with Crippen molar-refractivity contribution in [3.63, 3.8) is 0 Å². The van der Waals surface area contributed by atoms with Gasteiger partial charge in [-0.25, -0.2) is 13.8 Å². The van der Waals surface area contributed by atoms with E-state index in [2.05, 4.69) is 15.3 Å². The highest BCUT2D eigenvalue weighted by molar-refractivity contribution is 7.19. The second-order valence-corrected chi connectivity index (χ2v) is 8.09. The van der Waals surface area contributed by atoms with E-state index in [1.165, 1.54) is 12.3 Å². The van der Waals surface area contributed by atoms with Crippen LogP contribution in [-0.2, 0) is 0 Å². The van der Waals surface area contributed by atoms with Crippen LogP contribution in [-0.4, -0.2) is 41.2 Å². The number of halogens is 2. The first-order valence-electron chi connectivity index (χ1n) is 9.33. The highest BCUT2D eigenvalue weighted by Crippen LogP contribution is 2.33. The fraction of sp³-hybridized carbons (Fsp3) is 0.250. The molecule has 0 saturated carbocycles. The summed E-state index contributed by atoms with van der Waals surface area (Å²) in [6.07, 6.45) is 2.28. The zero-order chi connectivity index (χ0) is 21.3. The van der Waals surface area contributed by atoms with Crippen LogP contribution in [0.25, 0.3) is 10.6 Å². The van der Waals surface area contributed by atoms with Gasteiger partial charge < -0.3 is 21.7 Å². The summed E-state index contributed by atoms with van der Waals surface area (Å²) in [5.41, 5.74) is 13.2. The number of amides is 1. The molecule has 7 nitrogen and oxygen atoms in total. The van der Waals surface area contributed by atoms with Crippen molar-refractivity contribution < 1.29 is 13.6 Å². The summed E-state index contributed by atoms with van der Waals surface area (Å²) in [4.78, 5) is 22.9. The van der Waals surface area contributed by atoms with Gasteiger partial charge in [0.05, 0.1) is 17.6 Å². The van der Waals surface area contributed by atoms with Crippen LogP contribution in [0.1, 0.15) is 16.9 Å². The summed E-state index contributed by atoms with van der Waals surface area (Å²) in [6, 6.07) is 7.52. The van der Waals surface area contributed by atoms with Crippen molar-refractivity contribution >= 4 is 33.6 Å². The van der Waals surface area contributed by atoms with E-state index in [1.807, 2.05) is 0 Å². The maximum atomic E-state index is 14.1. The highest BCUT2D eigenvalue weighted by atomic mass is 32.1. The van der Waals surface area contributed by atoms with Gasteiger partial charge in [0.15, 0.2) is 5.69 Å². The highest BCUT2D eigenvalue weighted by Gasteiger charge is 2.27. The van der Waals surface area contributed by atoms with Crippen LogP contribution in [0.2, 0.25) is 0 Å². The van der Waals surface area contributed by atoms with E-state index in [0.717, 1.165) is 11.3 Å². The van der Waals surface area contributed by atoms with Crippen molar-refractivity contribution in [2.24, 2.45) is 5.73 Å². The van der Waals surface area contributed by atoms with Gasteiger partial charge in [0.25, 0.3) is 5.91 Å². The number of carbonyl (C=O) groups is 1. The molecule has 1 aromatic carbocycles. The van der Waals surface area contributed by atoms with Gasteiger partial charge in [-0.1, -0.05) is 23.5 Å². The van der Waals surface area contributed by atoms with E-state index in [9.17, 15) is 13.6 Å². The number of anilines is 3. The molecule has 156 valence electrons. The minimum absolute atomic E-state index is 0.00762. The van der Waals surface area contributed by atoms with Gasteiger partial charge in [-0.2, -0.15) is 0 Å². The molecule has 0 radical (unpaired) electrons. The lowest BCUT2D eigenvalue weighted by atomic mass is 10.0. The van der Waals surface area contributed by atoms with Crippen molar-refractivity contribution in [3.8, 4) is 10.6 Å². The molecular weight excluding hydrogens is 410 g/mol. The molecule has 5 N–H and O–H groups in total. The summed E-state index contributed by atoms with van der Waals surface area (Å²) in [5.74, 6) is -1.01. The predicted octanol–water partition coefficient (Wildman–Crippen LogP) is 3.05. The number of hydrogen-bond donors (Lipinski definition) is 3. The molecule has 1 aliphatic rings. The summed E-state index contributed by atoms with van der Waals surface area (Å²) in [6.45, 7) is 0.639. The van der Waals surface area contributed by atoms with Gasteiger partial charge in [0.1, 0.15) is 22.0 Å². The number of thiazole rings is 1. The summed E-state index contributed by atoms with van der Waals surface area (Å²) in [7, 11) is 0. The van der Waals surface area contributed by atoms with Gasteiger partial charge in [0.2, 0.25) is 0 Å². The third-order valence-corrected chi connectivity index (χ3v) is 5.71. The molecule has 10 heteroatoms. The van der Waals surface area contributed by atoms with Crippen molar-refractivity contribution in [2.45, 2.75) is 18.6 Å². The second kappa shape index (κ2) is 8.33. The smallest absolute Gasteiger partial charge is 0.277 e. The van der Waals surface area contributed by atoms with Crippen LogP contribution in [0.4, 0.5) is 25.2 Å². The fourth-order valence-corrected chi connectivity index (χ4v) is 4.31. The monoisotopic (exact) mass is 430 g/mol. The molecule has 1 fully saturated rings. The van der Waals surface area contributed by atoms with Crippen LogP contribution in [0.15, 0.2) is 42.7 Å². The second-order valence-electron chi connectivity index (χ2n) is 7.06. The Morgan fingerprint density at radius 2 is 2.07 bits per heavy atom. The number of aromatic nitrogens is 2. The first kappa shape index (κ1) is 20.2. The van der Waals surface area contributed by atoms with Crippen LogP contribution < -0.4 is 21.7 Å². The summed E-state index contributed by atoms with van der Waals surface area (Å²) < 4.78 is 28.1. The number of hydrogen-bond acceptors (Lipinski definition) is 7. The minimum Gasteiger partial charge on any atom is -0.389 e. The normalized spacial score (nSPS) is 19.0. The number of nitrogens with one attached hydrogen (secondary N) is 1. The van der Waals surface area contributed by atoms with E-state index < -0.39 is 17.9 Å². The standard InChI is InChI=1S/C20H20F2N6OS/c21-11-7-12(23)10-28(9-11)16-5-6-25-8-15(16)26-19(29)17-18(24)30-20(27-17)13-3-1-2-4-14(13)22/h1-6,8,11-12H,7,9-10,23-24H2,(H,26,29)/t11-,12-/m1/s1. The Balaban J connectivity index is 1.59. The molecule has 2 atom stereocenters. The van der Waals surface area contributed by atoms with Crippen LogP contribution in [0.5, 0.6) is 0 Å². The van der Waals surface area contributed by atoms with Crippen LogP contribution in [0.3, 0.4) is 0 Å². The molecular formula is C20H20F2N6OS. The van der Waals surface area contributed by atoms with E-state index >= 15 is 0 Å². The molecule has 0 unspecified atom stereocenters. The Labute approximate surface area is 175 Å². The quantitative estimate of drug-likeness (QED) is 0.587. The van der Waals surface area contributed by atoms with Gasteiger partial charge in [-0.05, 0) is 24.6 Å². The Kier molecular flexibility index (Phi) is 5.60. The number of nitrogens with zero attached hydrogens (tertiary/aromatic N) is 3. The molecule has 3 aromatic rings. The first-order valence-corrected chi connectivity index (χ1v) is 10.1. The summed E-state index contributed by atoms with van der Waals surface area (Å²) in [5, 5.41) is 3.21. The largest absolute Gasteiger partial charge is 0.389 e. The number of alkyl halides is 1. The van der Waals surface area contributed by atoms with Gasteiger partial charge in [0, 0.05) is 30.9 Å².